The molecule has 168 valence electrons. The van der Waals surface area contributed by atoms with E-state index in [-0.39, 0.29) is 0 Å². The van der Waals surface area contributed by atoms with Crippen molar-refractivity contribution in [3.05, 3.63) is 64.1 Å². The number of nitrogens with zero attached hydrogens (tertiary/aromatic N) is 4. The van der Waals surface area contributed by atoms with Crippen molar-refractivity contribution in [3.63, 3.8) is 0 Å². The summed E-state index contributed by atoms with van der Waals surface area (Å²) >= 11 is 0. The quantitative estimate of drug-likeness (QED) is 0.485. The zero-order valence-corrected chi connectivity index (χ0v) is 19.9. The fourth-order valence-electron chi connectivity index (χ4n) is 3.03. The average Bonchev–Trinajstić information content (AvgIpc) is 2.81. The molecule has 0 spiro atoms. The van der Waals surface area contributed by atoms with Crippen LogP contribution in [-0.4, -0.2) is 22.7 Å². The number of aliphatic imine (C=N–C) groups is 1. The van der Waals surface area contributed by atoms with E-state index in [4.69, 9.17) is 15.5 Å². The molecule has 32 heavy (non-hydrogen) atoms. The van der Waals surface area contributed by atoms with Gasteiger partial charge in [0, 0.05) is 24.4 Å². The second-order valence-electron chi connectivity index (χ2n) is 7.72. The van der Waals surface area contributed by atoms with E-state index in [0.29, 0.717) is 35.5 Å². The number of hydrogen-bond donors (Lipinski definition) is 1. The van der Waals surface area contributed by atoms with Gasteiger partial charge in [0.1, 0.15) is 11.6 Å². The first-order valence-electron chi connectivity index (χ1n) is 11.0. The van der Waals surface area contributed by atoms with Crippen molar-refractivity contribution in [2.75, 3.05) is 6.54 Å². The van der Waals surface area contributed by atoms with Gasteiger partial charge < -0.3 is 10.5 Å². The number of hydrogen-bond acceptors (Lipinski definition) is 6. The molecule has 0 radical (unpaired) electrons. The Kier molecular flexibility index (Phi) is 9.30. The highest BCUT2D eigenvalue weighted by Gasteiger charge is 2.15. The Balaban J connectivity index is 2.62. The van der Waals surface area contributed by atoms with Crippen LogP contribution in [-0.2, 0) is 0 Å². The summed E-state index contributed by atoms with van der Waals surface area (Å²) in [5.41, 5.74) is 10.9. The monoisotopic (exact) mass is 431 g/mol. The number of nitriles is 1. The summed E-state index contributed by atoms with van der Waals surface area (Å²) in [7, 11) is 0. The number of allylic oxidation sites excluding steroid dienone is 2. The molecule has 2 rings (SSSR count). The third-order valence-corrected chi connectivity index (χ3v) is 5.43. The van der Waals surface area contributed by atoms with Crippen molar-refractivity contribution in [2.45, 2.75) is 60.3 Å². The lowest BCUT2D eigenvalue weighted by molar-refractivity contribution is 0.455. The van der Waals surface area contributed by atoms with Gasteiger partial charge in [-0.25, -0.2) is 4.98 Å². The third-order valence-electron chi connectivity index (χ3n) is 5.43. The van der Waals surface area contributed by atoms with Crippen LogP contribution in [0.1, 0.15) is 76.0 Å². The van der Waals surface area contributed by atoms with E-state index in [9.17, 15) is 5.26 Å². The minimum absolute atomic E-state index is 0.293. The van der Waals surface area contributed by atoms with Crippen molar-refractivity contribution < 1.29 is 4.74 Å². The second-order valence-corrected chi connectivity index (χ2v) is 7.72. The van der Waals surface area contributed by atoms with Crippen LogP contribution in [0.15, 0.2) is 46.5 Å². The number of benzene rings is 1. The summed E-state index contributed by atoms with van der Waals surface area (Å²) in [6.45, 7) is 12.6. The van der Waals surface area contributed by atoms with Crippen molar-refractivity contribution in [2.24, 2.45) is 10.7 Å². The molecule has 2 aromatic rings. The minimum atomic E-state index is 0.293. The van der Waals surface area contributed by atoms with E-state index >= 15 is 0 Å². The van der Waals surface area contributed by atoms with E-state index in [0.717, 1.165) is 40.9 Å². The van der Waals surface area contributed by atoms with Gasteiger partial charge in [0.15, 0.2) is 0 Å². The topological polar surface area (TPSA) is 97.2 Å². The SMILES string of the molecule is C\C=C(/C=N\C(=C(\C)CC)c1ccc(C#N)cc1Oc1cc(C(C)CC)nc(C)n1)CN. The average molecular weight is 432 g/mol. The van der Waals surface area contributed by atoms with Crippen LogP contribution in [0, 0.1) is 18.3 Å². The van der Waals surface area contributed by atoms with Gasteiger partial charge >= 0.3 is 0 Å². The molecule has 0 bridgehead atoms. The number of rotatable bonds is 9. The Morgan fingerprint density at radius 3 is 2.62 bits per heavy atom. The Morgan fingerprint density at radius 1 is 1.28 bits per heavy atom. The molecule has 6 heteroatoms. The molecular weight excluding hydrogens is 398 g/mol. The Bertz CT molecular complexity index is 1080. The smallest absolute Gasteiger partial charge is 0.222 e. The van der Waals surface area contributed by atoms with Crippen LogP contribution in [0.4, 0.5) is 0 Å². The van der Waals surface area contributed by atoms with E-state index < -0.39 is 0 Å². The van der Waals surface area contributed by atoms with E-state index in [2.05, 4.69) is 36.8 Å². The van der Waals surface area contributed by atoms with Crippen molar-refractivity contribution in [3.8, 4) is 17.7 Å². The lowest BCUT2D eigenvalue weighted by Gasteiger charge is -2.15. The third kappa shape index (κ3) is 6.35. The van der Waals surface area contributed by atoms with E-state index in [1.165, 1.54) is 0 Å². The molecule has 0 aliphatic rings. The van der Waals surface area contributed by atoms with Gasteiger partial charge in [-0.3, -0.25) is 4.99 Å². The molecule has 0 amide bonds. The molecule has 2 N–H and O–H groups in total. The number of aryl methyl sites for hydroxylation is 1. The fraction of sp³-hybridized carbons (Fsp3) is 0.385. The summed E-state index contributed by atoms with van der Waals surface area (Å²) < 4.78 is 6.25. The van der Waals surface area contributed by atoms with Crippen molar-refractivity contribution >= 4 is 11.9 Å². The van der Waals surface area contributed by atoms with Gasteiger partial charge in [-0.05, 0) is 68.9 Å². The van der Waals surface area contributed by atoms with Crippen LogP contribution in [0.3, 0.4) is 0 Å². The molecule has 1 heterocycles. The molecule has 1 aromatic carbocycles. The Morgan fingerprint density at radius 2 is 2.03 bits per heavy atom. The summed E-state index contributed by atoms with van der Waals surface area (Å²) in [5.74, 6) is 1.93. The van der Waals surface area contributed by atoms with Crippen LogP contribution in [0.2, 0.25) is 0 Å². The summed E-state index contributed by atoms with van der Waals surface area (Å²) in [6.07, 6.45) is 5.52. The van der Waals surface area contributed by atoms with Crippen LogP contribution >= 0.6 is 0 Å². The molecule has 0 saturated heterocycles. The molecule has 1 atom stereocenters. The highest BCUT2D eigenvalue weighted by molar-refractivity contribution is 5.86. The highest BCUT2D eigenvalue weighted by atomic mass is 16.5. The molecule has 1 unspecified atom stereocenters. The van der Waals surface area contributed by atoms with Gasteiger partial charge in [-0.15, -0.1) is 0 Å². The normalized spacial score (nSPS) is 13.6. The standard InChI is InChI=1S/C26H33N5O/c1-7-17(4)23-13-25(31-19(6)30-23)32-24-12-21(15-28)10-11-22(24)26(18(5)8-2)29-16-20(9-3)14-27/h9-13,16-17H,7-8,14,27H2,1-6H3/b20-9-,26-18-,29-16-. The molecule has 1 aromatic heterocycles. The summed E-state index contributed by atoms with van der Waals surface area (Å²) in [4.78, 5) is 13.8. The predicted octanol–water partition coefficient (Wildman–Crippen LogP) is 6.08. The zero-order chi connectivity index (χ0) is 23.7. The van der Waals surface area contributed by atoms with Gasteiger partial charge in [0.05, 0.1) is 23.0 Å². The van der Waals surface area contributed by atoms with E-state index in [1.807, 2.05) is 39.0 Å². The minimum Gasteiger partial charge on any atom is -0.438 e. The van der Waals surface area contributed by atoms with Gasteiger partial charge in [0.2, 0.25) is 5.88 Å². The van der Waals surface area contributed by atoms with Gasteiger partial charge in [-0.1, -0.05) is 26.8 Å². The predicted molar refractivity (Wildman–Crippen MR) is 131 cm³/mol. The lowest BCUT2D eigenvalue weighted by Crippen LogP contribution is -2.04. The first kappa shape index (κ1) is 25.0. The van der Waals surface area contributed by atoms with Gasteiger partial charge in [-0.2, -0.15) is 10.2 Å². The highest BCUT2D eigenvalue weighted by Crippen LogP contribution is 2.34. The molecule has 0 fully saturated rings. The number of nitrogens with two attached hydrogens (primary N) is 1. The van der Waals surface area contributed by atoms with Gasteiger partial charge in [0.25, 0.3) is 0 Å². The lowest BCUT2D eigenvalue weighted by atomic mass is 10.0. The molecule has 0 aliphatic carbocycles. The van der Waals surface area contributed by atoms with E-state index in [1.54, 1.807) is 18.3 Å². The first-order valence-corrected chi connectivity index (χ1v) is 11.0. The Labute approximate surface area is 191 Å². The van der Waals surface area contributed by atoms with Crippen molar-refractivity contribution in [1.29, 1.82) is 5.26 Å². The largest absolute Gasteiger partial charge is 0.438 e. The first-order chi connectivity index (χ1) is 15.4. The number of ether oxygens (including phenoxy) is 1. The molecule has 6 nitrogen and oxygen atoms in total. The maximum Gasteiger partial charge on any atom is 0.222 e. The molecule has 0 saturated carbocycles. The van der Waals surface area contributed by atoms with Crippen LogP contribution < -0.4 is 10.5 Å². The number of aromatic nitrogens is 2. The molecular formula is C26H33N5O. The van der Waals surface area contributed by atoms with Crippen molar-refractivity contribution in [1.82, 2.24) is 9.97 Å². The molecule has 0 aliphatic heterocycles. The van der Waals surface area contributed by atoms with Crippen LogP contribution in [0.5, 0.6) is 11.6 Å². The Hall–Kier alpha value is -3.30. The zero-order valence-electron chi connectivity index (χ0n) is 19.9. The maximum atomic E-state index is 9.45. The second kappa shape index (κ2) is 11.9. The summed E-state index contributed by atoms with van der Waals surface area (Å²) in [6, 6.07) is 9.44. The summed E-state index contributed by atoms with van der Waals surface area (Å²) in [5, 5.41) is 9.45. The maximum absolute atomic E-state index is 9.45. The van der Waals surface area contributed by atoms with Crippen LogP contribution in [0.25, 0.3) is 5.70 Å². The fourth-order valence-corrected chi connectivity index (χ4v) is 3.03.